The van der Waals surface area contributed by atoms with Crippen LogP contribution in [0.5, 0.6) is 0 Å². The molecule has 5 heteroatoms. The predicted octanol–water partition coefficient (Wildman–Crippen LogP) is 1.80. The van der Waals surface area contributed by atoms with Crippen molar-refractivity contribution in [1.82, 2.24) is 9.13 Å². The molecule has 2 aromatic rings. The number of aromatic nitrogens is 2. The van der Waals surface area contributed by atoms with Gasteiger partial charge in [0.15, 0.2) is 0 Å². The van der Waals surface area contributed by atoms with Crippen molar-refractivity contribution in [2.75, 3.05) is 6.26 Å². The van der Waals surface area contributed by atoms with Crippen molar-refractivity contribution in [1.29, 1.82) is 0 Å². The van der Waals surface area contributed by atoms with Crippen LogP contribution in [0.15, 0.2) is 51.1 Å². The largest absolute Gasteiger partial charge is 0.316 e. The Hall–Kier alpha value is -1.75. The summed E-state index contributed by atoms with van der Waals surface area (Å²) in [6, 6.07) is 7.98. The molecule has 0 spiro atoms. The summed E-state index contributed by atoms with van der Waals surface area (Å²) in [6.45, 7) is 2.77. The molecule has 19 heavy (non-hydrogen) atoms. The zero-order valence-electron chi connectivity index (χ0n) is 11.0. The summed E-state index contributed by atoms with van der Waals surface area (Å²) < 4.78 is 2.86. The molecule has 0 N–H and O–H groups in total. The van der Waals surface area contributed by atoms with Crippen molar-refractivity contribution in [3.05, 3.63) is 62.9 Å². The van der Waals surface area contributed by atoms with Crippen LogP contribution in [0.2, 0.25) is 0 Å². The third-order valence-corrected chi connectivity index (χ3v) is 3.73. The summed E-state index contributed by atoms with van der Waals surface area (Å²) in [5.74, 6) is 0. The molecule has 0 aliphatic rings. The van der Waals surface area contributed by atoms with Crippen molar-refractivity contribution in [3.8, 4) is 0 Å². The molecule has 0 radical (unpaired) electrons. The van der Waals surface area contributed by atoms with Gasteiger partial charge in [0.2, 0.25) is 0 Å². The van der Waals surface area contributed by atoms with Crippen LogP contribution in [0.3, 0.4) is 0 Å². The maximum atomic E-state index is 11.9. The van der Waals surface area contributed by atoms with Gasteiger partial charge in [0.25, 0.3) is 0 Å². The Labute approximate surface area is 115 Å². The van der Waals surface area contributed by atoms with Crippen LogP contribution >= 0.6 is 11.8 Å². The summed E-state index contributed by atoms with van der Waals surface area (Å²) in [4.78, 5) is 24.8. The minimum absolute atomic E-state index is 0.424. The van der Waals surface area contributed by atoms with Gasteiger partial charge in [-0.25, -0.2) is 0 Å². The van der Waals surface area contributed by atoms with E-state index in [0.717, 1.165) is 5.56 Å². The molecule has 0 saturated carbocycles. The van der Waals surface area contributed by atoms with E-state index in [2.05, 4.69) is 0 Å². The van der Waals surface area contributed by atoms with E-state index in [1.807, 2.05) is 37.4 Å². The standard InChI is InChI=1S/C14H16N2O2S/c1-3-15-8-9-16(14(18)13(15)17)10-11-4-6-12(19-2)7-5-11/h4-9H,3,10H2,1-2H3. The molecular weight excluding hydrogens is 260 g/mol. The molecule has 1 aromatic carbocycles. The Kier molecular flexibility index (Phi) is 4.27. The molecule has 0 amide bonds. The van der Waals surface area contributed by atoms with Crippen molar-refractivity contribution in [2.45, 2.75) is 24.9 Å². The van der Waals surface area contributed by atoms with E-state index >= 15 is 0 Å². The molecule has 1 heterocycles. The Morgan fingerprint density at radius 2 is 1.58 bits per heavy atom. The highest BCUT2D eigenvalue weighted by Crippen LogP contribution is 2.14. The average molecular weight is 276 g/mol. The van der Waals surface area contributed by atoms with Gasteiger partial charge in [-0.3, -0.25) is 9.59 Å². The molecule has 4 nitrogen and oxygen atoms in total. The fourth-order valence-electron chi connectivity index (χ4n) is 1.84. The third-order valence-electron chi connectivity index (χ3n) is 2.98. The minimum Gasteiger partial charge on any atom is -0.310 e. The maximum absolute atomic E-state index is 11.9. The van der Waals surface area contributed by atoms with Crippen LogP contribution in [-0.4, -0.2) is 15.4 Å². The SMILES string of the molecule is CCn1ccn(Cc2ccc(SC)cc2)c(=O)c1=O. The van der Waals surface area contributed by atoms with Gasteiger partial charge in [0.1, 0.15) is 0 Å². The van der Waals surface area contributed by atoms with Crippen LogP contribution in [0.4, 0.5) is 0 Å². The summed E-state index contributed by atoms with van der Waals surface area (Å²) in [7, 11) is 0. The van der Waals surface area contributed by atoms with Crippen molar-refractivity contribution in [3.63, 3.8) is 0 Å². The number of thioether (sulfide) groups is 1. The van der Waals surface area contributed by atoms with E-state index in [4.69, 9.17) is 0 Å². The number of rotatable bonds is 4. The normalized spacial score (nSPS) is 10.6. The van der Waals surface area contributed by atoms with E-state index in [1.165, 1.54) is 14.0 Å². The lowest BCUT2D eigenvalue weighted by atomic mass is 10.2. The Morgan fingerprint density at radius 3 is 2.16 bits per heavy atom. The lowest BCUT2D eigenvalue weighted by molar-refractivity contribution is 0.651. The predicted molar refractivity (Wildman–Crippen MR) is 78.0 cm³/mol. The maximum Gasteiger partial charge on any atom is 0.316 e. The number of nitrogens with zero attached hydrogens (tertiary/aromatic N) is 2. The number of aryl methyl sites for hydroxylation is 1. The highest BCUT2D eigenvalue weighted by atomic mass is 32.2. The van der Waals surface area contributed by atoms with Crippen LogP contribution in [-0.2, 0) is 13.1 Å². The first kappa shape index (κ1) is 13.7. The van der Waals surface area contributed by atoms with Crippen LogP contribution in [0, 0.1) is 0 Å². The second-order valence-corrected chi connectivity index (χ2v) is 5.05. The monoisotopic (exact) mass is 276 g/mol. The molecule has 0 unspecified atom stereocenters. The topological polar surface area (TPSA) is 44.0 Å². The molecule has 0 fully saturated rings. The second-order valence-electron chi connectivity index (χ2n) is 4.17. The summed E-state index contributed by atoms with van der Waals surface area (Å²) in [6.07, 6.45) is 5.33. The number of hydrogen-bond acceptors (Lipinski definition) is 3. The zero-order valence-corrected chi connectivity index (χ0v) is 11.8. The first-order chi connectivity index (χ1) is 9.15. The van der Waals surface area contributed by atoms with Crippen molar-refractivity contribution < 1.29 is 0 Å². The van der Waals surface area contributed by atoms with Gasteiger partial charge in [0.05, 0.1) is 6.54 Å². The van der Waals surface area contributed by atoms with Crippen molar-refractivity contribution in [2.24, 2.45) is 0 Å². The molecule has 0 bridgehead atoms. The molecule has 2 rings (SSSR count). The van der Waals surface area contributed by atoms with Crippen LogP contribution in [0.25, 0.3) is 0 Å². The molecule has 1 aromatic heterocycles. The second kappa shape index (κ2) is 5.93. The van der Waals surface area contributed by atoms with E-state index in [0.29, 0.717) is 13.1 Å². The molecule has 100 valence electrons. The molecule has 0 atom stereocenters. The van der Waals surface area contributed by atoms with E-state index in [9.17, 15) is 9.59 Å². The zero-order chi connectivity index (χ0) is 13.8. The molecular formula is C14H16N2O2S. The molecule has 0 aliphatic carbocycles. The Morgan fingerprint density at radius 1 is 1.00 bits per heavy atom. The van der Waals surface area contributed by atoms with Gasteiger partial charge in [-0.15, -0.1) is 11.8 Å². The van der Waals surface area contributed by atoms with Gasteiger partial charge >= 0.3 is 11.1 Å². The van der Waals surface area contributed by atoms with E-state index in [1.54, 1.807) is 24.2 Å². The Balaban J connectivity index is 2.31. The van der Waals surface area contributed by atoms with Crippen molar-refractivity contribution >= 4 is 11.8 Å². The van der Waals surface area contributed by atoms with Gasteiger partial charge in [0, 0.05) is 23.8 Å². The van der Waals surface area contributed by atoms with Gasteiger partial charge in [-0.2, -0.15) is 0 Å². The first-order valence-electron chi connectivity index (χ1n) is 6.08. The van der Waals surface area contributed by atoms with Crippen LogP contribution in [0.1, 0.15) is 12.5 Å². The third kappa shape index (κ3) is 2.98. The van der Waals surface area contributed by atoms with Gasteiger partial charge in [-0.05, 0) is 30.9 Å². The fraction of sp³-hybridized carbons (Fsp3) is 0.286. The number of hydrogen-bond donors (Lipinski definition) is 0. The fourth-order valence-corrected chi connectivity index (χ4v) is 2.25. The molecule has 0 saturated heterocycles. The van der Waals surface area contributed by atoms with Crippen LogP contribution < -0.4 is 11.1 Å². The lowest BCUT2D eigenvalue weighted by Gasteiger charge is -2.08. The van der Waals surface area contributed by atoms with E-state index < -0.39 is 11.1 Å². The summed E-state index contributed by atoms with van der Waals surface area (Å²) >= 11 is 1.67. The lowest BCUT2D eigenvalue weighted by Crippen LogP contribution is -2.40. The minimum atomic E-state index is -0.474. The number of benzene rings is 1. The smallest absolute Gasteiger partial charge is 0.310 e. The quantitative estimate of drug-likeness (QED) is 0.632. The summed E-state index contributed by atoms with van der Waals surface area (Å²) in [5.41, 5.74) is 0.0672. The average Bonchev–Trinajstić information content (AvgIpc) is 2.45. The Bertz CT molecular complexity index is 671. The summed E-state index contributed by atoms with van der Waals surface area (Å²) in [5, 5.41) is 0. The van der Waals surface area contributed by atoms with Gasteiger partial charge < -0.3 is 9.13 Å². The van der Waals surface area contributed by atoms with Gasteiger partial charge in [-0.1, -0.05) is 12.1 Å². The molecule has 0 aliphatic heterocycles. The first-order valence-corrected chi connectivity index (χ1v) is 7.31. The highest BCUT2D eigenvalue weighted by Gasteiger charge is 2.04. The highest BCUT2D eigenvalue weighted by molar-refractivity contribution is 7.98. The van der Waals surface area contributed by atoms with E-state index in [-0.39, 0.29) is 0 Å².